The third-order valence-electron chi connectivity index (χ3n) is 3.01. The van der Waals surface area contributed by atoms with E-state index in [-0.39, 0.29) is 10.4 Å². The van der Waals surface area contributed by atoms with Gasteiger partial charge in [0.2, 0.25) is 0 Å². The number of pyridine rings is 1. The van der Waals surface area contributed by atoms with Crippen LogP contribution in [0.15, 0.2) is 12.1 Å². The minimum Gasteiger partial charge on any atom is -0.384 e. The first kappa shape index (κ1) is 16.4. The zero-order chi connectivity index (χ0) is 15.7. The van der Waals surface area contributed by atoms with E-state index in [1.54, 1.807) is 6.07 Å². The Morgan fingerprint density at radius 3 is 2.62 bits per heavy atom. The molecule has 2 rings (SSSR count). The Kier molecular flexibility index (Phi) is 4.72. The second-order valence-corrected chi connectivity index (χ2v) is 7.73. The van der Waals surface area contributed by atoms with Gasteiger partial charge in [-0.05, 0) is 45.7 Å². The van der Waals surface area contributed by atoms with Crippen molar-refractivity contribution in [3.63, 3.8) is 0 Å². The van der Waals surface area contributed by atoms with Gasteiger partial charge in [0.05, 0.1) is 17.1 Å². The lowest BCUT2D eigenvalue weighted by Crippen LogP contribution is -2.34. The van der Waals surface area contributed by atoms with Crippen LogP contribution in [0.5, 0.6) is 0 Å². The van der Waals surface area contributed by atoms with Crippen molar-refractivity contribution in [1.29, 1.82) is 0 Å². The van der Waals surface area contributed by atoms with E-state index < -0.39 is 12.2 Å². The molecular formula is C14H20F3N3S. The van der Waals surface area contributed by atoms with Crippen LogP contribution in [0, 0.1) is 0 Å². The molecule has 0 spiro atoms. The number of nitrogens with zero attached hydrogens (tertiary/aromatic N) is 1. The fraction of sp³-hybridized carbons (Fsp3) is 0.643. The van der Waals surface area contributed by atoms with E-state index in [2.05, 4.69) is 15.0 Å². The van der Waals surface area contributed by atoms with Crippen LogP contribution in [0.25, 0.3) is 0 Å². The fourth-order valence-electron chi connectivity index (χ4n) is 2.04. The van der Waals surface area contributed by atoms with Crippen LogP contribution in [0.1, 0.15) is 44.6 Å². The number of anilines is 1. The summed E-state index contributed by atoms with van der Waals surface area (Å²) in [6.45, 7) is 6.43. The van der Waals surface area contributed by atoms with Gasteiger partial charge in [0.1, 0.15) is 0 Å². The van der Waals surface area contributed by atoms with Crippen LogP contribution in [-0.2, 0) is 6.42 Å². The molecule has 0 aliphatic carbocycles. The molecule has 1 unspecified atom stereocenters. The molecule has 0 amide bonds. The standard InChI is InChI=1S/C14H20F3N3S/c1-13(2,3)21-20-12(14(15,16)17)11-7-6-9-10(19-11)5-4-8-18-9/h6-7,12,18,20H,4-5,8H2,1-3H3. The Labute approximate surface area is 127 Å². The topological polar surface area (TPSA) is 37.0 Å². The highest BCUT2D eigenvalue weighted by Crippen LogP contribution is 2.36. The van der Waals surface area contributed by atoms with Gasteiger partial charge >= 0.3 is 6.18 Å². The number of hydrogen-bond donors (Lipinski definition) is 2. The summed E-state index contributed by atoms with van der Waals surface area (Å²) < 4.78 is 42.1. The molecule has 0 aromatic carbocycles. The Balaban J connectivity index is 2.24. The monoisotopic (exact) mass is 319 g/mol. The maximum absolute atomic E-state index is 13.3. The van der Waals surface area contributed by atoms with E-state index in [9.17, 15) is 13.2 Å². The number of aromatic nitrogens is 1. The second-order valence-electron chi connectivity index (χ2n) is 6.07. The average Bonchev–Trinajstić information content (AvgIpc) is 2.35. The molecule has 0 radical (unpaired) electrons. The minimum atomic E-state index is -4.37. The quantitative estimate of drug-likeness (QED) is 0.823. The van der Waals surface area contributed by atoms with Crippen LogP contribution in [0.4, 0.5) is 18.9 Å². The highest BCUT2D eigenvalue weighted by Gasteiger charge is 2.42. The van der Waals surface area contributed by atoms with Gasteiger partial charge in [-0.1, -0.05) is 11.9 Å². The van der Waals surface area contributed by atoms with Crippen molar-refractivity contribution in [2.75, 3.05) is 11.9 Å². The van der Waals surface area contributed by atoms with Gasteiger partial charge in [-0.3, -0.25) is 4.98 Å². The van der Waals surface area contributed by atoms with E-state index >= 15 is 0 Å². The first-order valence-electron chi connectivity index (χ1n) is 6.91. The van der Waals surface area contributed by atoms with Gasteiger partial charge < -0.3 is 5.32 Å². The lowest BCUT2D eigenvalue weighted by atomic mass is 10.1. The Hall–Kier alpha value is -0.950. The Morgan fingerprint density at radius 1 is 1.29 bits per heavy atom. The van der Waals surface area contributed by atoms with Crippen molar-refractivity contribution in [3.8, 4) is 0 Å². The molecule has 1 aromatic rings. The predicted octanol–water partition coefficient (Wildman–Crippen LogP) is 4.08. The summed E-state index contributed by atoms with van der Waals surface area (Å²) in [5.41, 5.74) is 1.59. The first-order valence-corrected chi connectivity index (χ1v) is 7.72. The summed E-state index contributed by atoms with van der Waals surface area (Å²) >= 11 is 1.08. The molecule has 0 bridgehead atoms. The lowest BCUT2D eigenvalue weighted by molar-refractivity contribution is -0.153. The van der Waals surface area contributed by atoms with Crippen molar-refractivity contribution in [1.82, 2.24) is 9.71 Å². The third-order valence-corrected chi connectivity index (χ3v) is 3.97. The molecule has 1 aromatic heterocycles. The molecule has 21 heavy (non-hydrogen) atoms. The maximum atomic E-state index is 13.3. The lowest BCUT2D eigenvalue weighted by Gasteiger charge is -2.26. The van der Waals surface area contributed by atoms with E-state index in [4.69, 9.17) is 0 Å². The molecule has 3 nitrogen and oxygen atoms in total. The summed E-state index contributed by atoms with van der Waals surface area (Å²) in [6, 6.07) is 1.39. The van der Waals surface area contributed by atoms with Gasteiger partial charge in [0.25, 0.3) is 0 Å². The summed E-state index contributed by atoms with van der Waals surface area (Å²) in [5, 5.41) is 3.15. The molecule has 1 atom stereocenters. The Bertz CT molecular complexity index is 497. The molecule has 1 aliphatic rings. The van der Waals surface area contributed by atoms with Crippen molar-refractivity contribution in [3.05, 3.63) is 23.5 Å². The number of alkyl halides is 3. The van der Waals surface area contributed by atoms with Crippen molar-refractivity contribution < 1.29 is 13.2 Å². The summed E-state index contributed by atoms with van der Waals surface area (Å²) in [5.74, 6) is 0. The normalized spacial score (nSPS) is 17.0. The second kappa shape index (κ2) is 6.04. The van der Waals surface area contributed by atoms with Crippen molar-refractivity contribution >= 4 is 17.6 Å². The van der Waals surface area contributed by atoms with Crippen LogP contribution < -0.4 is 10.0 Å². The molecule has 7 heteroatoms. The largest absolute Gasteiger partial charge is 0.410 e. The smallest absolute Gasteiger partial charge is 0.384 e. The molecule has 0 saturated heterocycles. The fourth-order valence-corrected chi connectivity index (χ4v) is 2.77. The number of halogens is 3. The number of fused-ring (bicyclic) bond motifs is 1. The van der Waals surface area contributed by atoms with E-state index in [1.165, 1.54) is 6.07 Å². The van der Waals surface area contributed by atoms with Gasteiger partial charge in [0, 0.05) is 11.3 Å². The predicted molar refractivity (Wildman–Crippen MR) is 80.3 cm³/mol. The molecule has 1 aliphatic heterocycles. The van der Waals surface area contributed by atoms with E-state index in [1.807, 2.05) is 20.8 Å². The third kappa shape index (κ3) is 4.51. The molecule has 118 valence electrons. The van der Waals surface area contributed by atoms with Crippen molar-refractivity contribution in [2.24, 2.45) is 0 Å². The summed E-state index contributed by atoms with van der Waals surface area (Å²) in [6.07, 6.45) is -2.76. The van der Waals surface area contributed by atoms with Crippen LogP contribution in [0.2, 0.25) is 0 Å². The average molecular weight is 319 g/mol. The number of rotatable bonds is 3. The highest BCUT2D eigenvalue weighted by molar-refractivity contribution is 7.98. The first-order chi connectivity index (χ1) is 9.67. The summed E-state index contributed by atoms with van der Waals surface area (Å²) in [7, 11) is 0. The van der Waals surface area contributed by atoms with Crippen molar-refractivity contribution in [2.45, 2.75) is 50.6 Å². The summed E-state index contributed by atoms with van der Waals surface area (Å²) in [4.78, 5) is 4.22. The number of nitrogens with one attached hydrogen (secondary N) is 2. The minimum absolute atomic E-state index is 0.0294. The molecule has 2 heterocycles. The Morgan fingerprint density at radius 2 is 2.00 bits per heavy atom. The molecule has 0 fully saturated rings. The maximum Gasteiger partial charge on any atom is 0.410 e. The molecule has 0 saturated carbocycles. The van der Waals surface area contributed by atoms with E-state index in [0.29, 0.717) is 6.42 Å². The highest BCUT2D eigenvalue weighted by atomic mass is 32.2. The SMILES string of the molecule is CC(C)(C)SNC(c1ccc2c(n1)CCCN2)C(F)(F)F. The van der Waals surface area contributed by atoms with Crippen LogP contribution in [0.3, 0.4) is 0 Å². The van der Waals surface area contributed by atoms with Gasteiger partial charge in [-0.25, -0.2) is 4.72 Å². The molecule has 2 N–H and O–H groups in total. The van der Waals surface area contributed by atoms with Gasteiger partial charge in [-0.15, -0.1) is 0 Å². The van der Waals surface area contributed by atoms with Gasteiger partial charge in [-0.2, -0.15) is 13.2 Å². The number of aryl methyl sites for hydroxylation is 1. The molecular weight excluding hydrogens is 299 g/mol. The van der Waals surface area contributed by atoms with Crippen LogP contribution >= 0.6 is 11.9 Å². The van der Waals surface area contributed by atoms with E-state index in [0.717, 1.165) is 36.3 Å². The zero-order valence-electron chi connectivity index (χ0n) is 12.3. The zero-order valence-corrected chi connectivity index (χ0v) is 13.2. The van der Waals surface area contributed by atoms with Crippen LogP contribution in [-0.4, -0.2) is 22.5 Å². The van der Waals surface area contributed by atoms with Gasteiger partial charge in [0.15, 0.2) is 6.04 Å². The number of hydrogen-bond acceptors (Lipinski definition) is 4.